The molecular formula is C14H26N4O. The second-order valence-corrected chi connectivity index (χ2v) is 5.28. The standard InChI is InChI=1S/C14H26N4O/c1-3-11-18-12(7-10-16-18)13(17-15)14(19-4-2)8-5-6-9-14/h7,10,13,17H,3-6,8-9,11,15H2,1-2H3. The van der Waals surface area contributed by atoms with E-state index in [1.807, 2.05) is 10.9 Å². The van der Waals surface area contributed by atoms with Gasteiger partial charge in [0.15, 0.2) is 0 Å². The van der Waals surface area contributed by atoms with Crippen LogP contribution >= 0.6 is 0 Å². The lowest BCUT2D eigenvalue weighted by Gasteiger charge is -2.37. The summed E-state index contributed by atoms with van der Waals surface area (Å²) in [6.07, 6.45) is 7.46. The van der Waals surface area contributed by atoms with Gasteiger partial charge in [-0.3, -0.25) is 10.5 Å². The third kappa shape index (κ3) is 2.83. The average molecular weight is 266 g/mol. The first-order valence-corrected chi connectivity index (χ1v) is 7.39. The Morgan fingerprint density at radius 3 is 2.79 bits per heavy atom. The highest BCUT2D eigenvalue weighted by atomic mass is 16.5. The summed E-state index contributed by atoms with van der Waals surface area (Å²) in [5, 5.41) is 4.40. The van der Waals surface area contributed by atoms with Crippen molar-refractivity contribution in [3.8, 4) is 0 Å². The summed E-state index contributed by atoms with van der Waals surface area (Å²) in [7, 11) is 0. The van der Waals surface area contributed by atoms with Crippen molar-refractivity contribution in [3.63, 3.8) is 0 Å². The van der Waals surface area contributed by atoms with Crippen LogP contribution in [0.1, 0.15) is 57.7 Å². The lowest BCUT2D eigenvalue weighted by molar-refractivity contribution is -0.0646. The number of rotatable bonds is 7. The molecule has 0 spiro atoms. The lowest BCUT2D eigenvalue weighted by Crippen LogP contribution is -2.47. The second-order valence-electron chi connectivity index (χ2n) is 5.28. The van der Waals surface area contributed by atoms with E-state index in [0.717, 1.165) is 38.1 Å². The normalized spacial score (nSPS) is 19.7. The van der Waals surface area contributed by atoms with Crippen molar-refractivity contribution in [3.05, 3.63) is 18.0 Å². The fraction of sp³-hybridized carbons (Fsp3) is 0.786. The van der Waals surface area contributed by atoms with Crippen LogP contribution < -0.4 is 11.3 Å². The predicted molar refractivity (Wildman–Crippen MR) is 75.4 cm³/mol. The first-order chi connectivity index (χ1) is 9.27. The molecule has 3 N–H and O–H groups in total. The van der Waals surface area contributed by atoms with Crippen molar-refractivity contribution in [2.24, 2.45) is 5.84 Å². The molecule has 0 radical (unpaired) electrons. The van der Waals surface area contributed by atoms with Gasteiger partial charge < -0.3 is 4.74 Å². The van der Waals surface area contributed by atoms with Crippen LogP contribution in [0.5, 0.6) is 0 Å². The number of nitrogens with two attached hydrogens (primary N) is 1. The number of hydrogen-bond acceptors (Lipinski definition) is 4. The maximum Gasteiger partial charge on any atom is 0.0918 e. The lowest BCUT2D eigenvalue weighted by atomic mass is 9.89. The molecule has 0 amide bonds. The van der Waals surface area contributed by atoms with E-state index >= 15 is 0 Å². The Morgan fingerprint density at radius 1 is 1.47 bits per heavy atom. The first kappa shape index (κ1) is 14.5. The number of hydrogen-bond donors (Lipinski definition) is 2. The molecule has 1 fully saturated rings. The van der Waals surface area contributed by atoms with Gasteiger partial charge in [-0.1, -0.05) is 19.8 Å². The molecule has 1 heterocycles. The largest absolute Gasteiger partial charge is 0.373 e. The molecule has 108 valence electrons. The Morgan fingerprint density at radius 2 is 2.21 bits per heavy atom. The zero-order valence-electron chi connectivity index (χ0n) is 12.1. The Kier molecular flexibility index (Phi) is 4.96. The number of aryl methyl sites for hydroxylation is 1. The van der Waals surface area contributed by atoms with Gasteiger partial charge in [0.25, 0.3) is 0 Å². The molecule has 0 saturated heterocycles. The SMILES string of the molecule is CCCn1nccc1C(NN)C1(OCC)CCCC1. The zero-order chi connectivity index (χ0) is 13.7. The number of ether oxygens (including phenoxy) is 1. The molecule has 5 heteroatoms. The highest BCUT2D eigenvalue weighted by Crippen LogP contribution is 2.42. The number of nitrogens with one attached hydrogen (secondary N) is 1. The maximum absolute atomic E-state index is 6.12. The first-order valence-electron chi connectivity index (χ1n) is 7.39. The van der Waals surface area contributed by atoms with Crippen LogP contribution in [0.2, 0.25) is 0 Å². The van der Waals surface area contributed by atoms with Crippen molar-refractivity contribution in [2.45, 2.75) is 64.1 Å². The van der Waals surface area contributed by atoms with Crippen molar-refractivity contribution in [2.75, 3.05) is 6.61 Å². The summed E-state index contributed by atoms with van der Waals surface area (Å²) in [6.45, 7) is 5.85. The molecule has 1 aliphatic carbocycles. The minimum Gasteiger partial charge on any atom is -0.373 e. The predicted octanol–water partition coefficient (Wildman–Crippen LogP) is 2.15. The van der Waals surface area contributed by atoms with Gasteiger partial charge in [-0.2, -0.15) is 5.10 Å². The van der Waals surface area contributed by atoms with Gasteiger partial charge in [-0.05, 0) is 32.3 Å². The van der Waals surface area contributed by atoms with Gasteiger partial charge in [0, 0.05) is 19.3 Å². The smallest absolute Gasteiger partial charge is 0.0918 e. The molecule has 1 aromatic rings. The molecule has 19 heavy (non-hydrogen) atoms. The molecule has 1 unspecified atom stereocenters. The summed E-state index contributed by atoms with van der Waals surface area (Å²) < 4.78 is 8.16. The summed E-state index contributed by atoms with van der Waals surface area (Å²) in [4.78, 5) is 0. The van der Waals surface area contributed by atoms with E-state index in [4.69, 9.17) is 10.6 Å². The van der Waals surface area contributed by atoms with E-state index in [2.05, 4.69) is 30.4 Å². The topological polar surface area (TPSA) is 65.1 Å². The van der Waals surface area contributed by atoms with Gasteiger partial charge in [0.1, 0.15) is 0 Å². The van der Waals surface area contributed by atoms with Crippen molar-refractivity contribution in [1.29, 1.82) is 0 Å². The van der Waals surface area contributed by atoms with Gasteiger partial charge in [0.05, 0.1) is 17.3 Å². The maximum atomic E-state index is 6.12. The molecule has 1 saturated carbocycles. The number of aromatic nitrogens is 2. The van der Waals surface area contributed by atoms with E-state index in [9.17, 15) is 0 Å². The summed E-state index contributed by atoms with van der Waals surface area (Å²) in [5.74, 6) is 5.85. The minimum absolute atomic E-state index is 0.0176. The second kappa shape index (κ2) is 6.50. The van der Waals surface area contributed by atoms with Crippen molar-refractivity contribution < 1.29 is 4.74 Å². The van der Waals surface area contributed by atoms with Crippen LogP contribution in [0, 0.1) is 0 Å². The van der Waals surface area contributed by atoms with E-state index in [-0.39, 0.29) is 11.6 Å². The Balaban J connectivity index is 2.28. The third-order valence-corrected chi connectivity index (χ3v) is 4.06. The average Bonchev–Trinajstić information content (AvgIpc) is 3.03. The van der Waals surface area contributed by atoms with E-state index < -0.39 is 0 Å². The summed E-state index contributed by atoms with van der Waals surface area (Å²) in [6, 6.07) is 2.07. The molecule has 0 bridgehead atoms. The quantitative estimate of drug-likeness (QED) is 0.586. The number of hydrazine groups is 1. The Hall–Kier alpha value is -0.910. The van der Waals surface area contributed by atoms with Crippen LogP contribution in [0.25, 0.3) is 0 Å². The summed E-state index contributed by atoms with van der Waals surface area (Å²) in [5.41, 5.74) is 3.95. The molecule has 1 atom stereocenters. The monoisotopic (exact) mass is 266 g/mol. The molecule has 0 aliphatic heterocycles. The van der Waals surface area contributed by atoms with E-state index in [1.54, 1.807) is 0 Å². The van der Waals surface area contributed by atoms with E-state index in [0.29, 0.717) is 0 Å². The van der Waals surface area contributed by atoms with Crippen LogP contribution in [-0.4, -0.2) is 22.0 Å². The molecule has 0 aromatic carbocycles. The molecule has 5 nitrogen and oxygen atoms in total. The van der Waals surface area contributed by atoms with Crippen LogP contribution in [0.3, 0.4) is 0 Å². The highest BCUT2D eigenvalue weighted by molar-refractivity contribution is 5.14. The number of nitrogens with zero attached hydrogens (tertiary/aromatic N) is 2. The molecule has 2 rings (SSSR count). The highest BCUT2D eigenvalue weighted by Gasteiger charge is 2.43. The van der Waals surface area contributed by atoms with Gasteiger partial charge in [-0.25, -0.2) is 5.43 Å². The van der Waals surface area contributed by atoms with Gasteiger partial charge in [-0.15, -0.1) is 0 Å². The fourth-order valence-corrected chi connectivity index (χ4v) is 3.27. The summed E-state index contributed by atoms with van der Waals surface area (Å²) >= 11 is 0. The van der Waals surface area contributed by atoms with Crippen LogP contribution in [-0.2, 0) is 11.3 Å². The molecule has 1 aliphatic rings. The zero-order valence-corrected chi connectivity index (χ0v) is 12.1. The van der Waals surface area contributed by atoms with E-state index in [1.165, 1.54) is 12.8 Å². The van der Waals surface area contributed by atoms with Crippen LogP contribution in [0.15, 0.2) is 12.3 Å². The fourth-order valence-electron chi connectivity index (χ4n) is 3.27. The molecular weight excluding hydrogens is 240 g/mol. The van der Waals surface area contributed by atoms with Crippen LogP contribution in [0.4, 0.5) is 0 Å². The Labute approximate surface area is 115 Å². The van der Waals surface area contributed by atoms with Gasteiger partial charge in [0.2, 0.25) is 0 Å². The van der Waals surface area contributed by atoms with Crippen molar-refractivity contribution in [1.82, 2.24) is 15.2 Å². The third-order valence-electron chi connectivity index (χ3n) is 4.06. The minimum atomic E-state index is -0.172. The van der Waals surface area contributed by atoms with Gasteiger partial charge >= 0.3 is 0 Å². The van der Waals surface area contributed by atoms with Crippen molar-refractivity contribution >= 4 is 0 Å². The molecule has 1 aromatic heterocycles. The Bertz CT molecular complexity index is 385.